The summed E-state index contributed by atoms with van der Waals surface area (Å²) in [6.45, 7) is 7.48. The van der Waals surface area contributed by atoms with Crippen molar-refractivity contribution in [2.24, 2.45) is 0 Å². The van der Waals surface area contributed by atoms with E-state index in [4.69, 9.17) is 0 Å². The van der Waals surface area contributed by atoms with Gasteiger partial charge in [0.1, 0.15) is 13.1 Å². The van der Waals surface area contributed by atoms with E-state index in [1.807, 2.05) is 0 Å². The molecule has 0 spiro atoms. The van der Waals surface area contributed by atoms with E-state index in [9.17, 15) is 0 Å². The maximum Gasteiger partial charge on any atom is 0.140 e. The van der Waals surface area contributed by atoms with Crippen LogP contribution in [-0.2, 0) is 0 Å². The third-order valence-corrected chi connectivity index (χ3v) is 4.34. The first-order valence-corrected chi connectivity index (χ1v) is 6.75. The molecule has 0 aromatic heterocycles. The smallest absolute Gasteiger partial charge is 0.140 e. The lowest BCUT2D eigenvalue weighted by Crippen LogP contribution is -3.00. The summed E-state index contributed by atoms with van der Waals surface area (Å²) in [5.41, 5.74) is 0. The van der Waals surface area contributed by atoms with Crippen LogP contribution in [0.2, 0.25) is 0 Å². The number of nitrogens with zero attached hydrogens (tertiary/aromatic N) is 2. The molecule has 17 heavy (non-hydrogen) atoms. The van der Waals surface area contributed by atoms with E-state index in [1.54, 1.807) is 0 Å². The van der Waals surface area contributed by atoms with Gasteiger partial charge in [0.25, 0.3) is 0 Å². The molecule has 0 unspecified atom stereocenters. The summed E-state index contributed by atoms with van der Waals surface area (Å²) in [4.78, 5) is 0. The second-order valence-corrected chi connectivity index (χ2v) is 6.22. The highest BCUT2D eigenvalue weighted by Crippen LogP contribution is 2.16. The third-order valence-electron chi connectivity index (χ3n) is 4.34. The normalized spacial score (nSPS) is 24.8. The van der Waals surface area contributed by atoms with Crippen LogP contribution in [0, 0.1) is 11.8 Å². The molecule has 2 rings (SSSR count). The minimum atomic E-state index is 0. The van der Waals surface area contributed by atoms with Gasteiger partial charge in [-0.15, -0.1) is 0 Å². The second-order valence-electron chi connectivity index (χ2n) is 6.22. The first kappa shape index (κ1) is 15.3. The summed E-state index contributed by atoms with van der Waals surface area (Å²) in [5, 5.41) is 0. The lowest BCUT2D eigenvalue weighted by Gasteiger charge is -2.27. The van der Waals surface area contributed by atoms with Crippen molar-refractivity contribution < 1.29 is 32.9 Å². The molecule has 2 aliphatic heterocycles. The standard InChI is InChI=1S/C14H26N2.HI/c1-15(9-3-4-10-15)13-7-8-14-16(2)11-5-6-12-16;/h3-6,9-14H2,1-2H3;1H/q+2;/p-1. The van der Waals surface area contributed by atoms with Gasteiger partial charge in [0.15, 0.2) is 0 Å². The summed E-state index contributed by atoms with van der Waals surface area (Å²) in [5.74, 6) is 6.85. The van der Waals surface area contributed by atoms with E-state index in [0.717, 1.165) is 13.1 Å². The van der Waals surface area contributed by atoms with E-state index in [-0.39, 0.29) is 24.0 Å². The van der Waals surface area contributed by atoms with Crippen LogP contribution in [0.5, 0.6) is 0 Å². The summed E-state index contributed by atoms with van der Waals surface area (Å²) < 4.78 is 2.38. The predicted molar refractivity (Wildman–Crippen MR) is 67.8 cm³/mol. The van der Waals surface area contributed by atoms with Gasteiger partial charge in [0, 0.05) is 25.7 Å². The fraction of sp³-hybridized carbons (Fsp3) is 0.857. The van der Waals surface area contributed by atoms with Gasteiger partial charge in [-0.3, -0.25) is 0 Å². The van der Waals surface area contributed by atoms with Crippen LogP contribution in [0.1, 0.15) is 25.7 Å². The Kier molecular flexibility index (Phi) is 5.75. The van der Waals surface area contributed by atoms with E-state index in [0.29, 0.717) is 0 Å². The maximum atomic E-state index is 3.43. The van der Waals surface area contributed by atoms with Crippen LogP contribution >= 0.6 is 0 Å². The Labute approximate surface area is 124 Å². The molecule has 98 valence electrons. The monoisotopic (exact) mass is 349 g/mol. The Balaban J connectivity index is 0.00000144. The number of hydrogen-bond donors (Lipinski definition) is 0. The molecule has 0 bridgehead atoms. The molecule has 0 radical (unpaired) electrons. The highest BCUT2D eigenvalue weighted by atomic mass is 127. The van der Waals surface area contributed by atoms with Crippen molar-refractivity contribution in [3.05, 3.63) is 0 Å². The van der Waals surface area contributed by atoms with Crippen molar-refractivity contribution >= 4 is 0 Å². The molecule has 0 atom stereocenters. The molecule has 0 saturated carbocycles. The Morgan fingerprint density at radius 1 is 0.706 bits per heavy atom. The van der Waals surface area contributed by atoms with E-state index in [2.05, 4.69) is 25.9 Å². The predicted octanol–water partition coefficient (Wildman–Crippen LogP) is -1.53. The Bertz CT molecular complexity index is 263. The van der Waals surface area contributed by atoms with Gasteiger partial charge in [-0.25, -0.2) is 0 Å². The van der Waals surface area contributed by atoms with Crippen LogP contribution in [-0.4, -0.2) is 62.3 Å². The summed E-state index contributed by atoms with van der Waals surface area (Å²) in [6.07, 6.45) is 5.58. The average Bonchev–Trinajstić information content (AvgIpc) is 2.84. The van der Waals surface area contributed by atoms with Crippen molar-refractivity contribution in [1.29, 1.82) is 0 Å². The zero-order chi connectivity index (χ0) is 11.5. The molecule has 2 fully saturated rings. The van der Waals surface area contributed by atoms with Crippen LogP contribution in [0.15, 0.2) is 0 Å². The average molecular weight is 349 g/mol. The lowest BCUT2D eigenvalue weighted by atomic mass is 10.4. The molecule has 2 aliphatic rings. The molecule has 2 heterocycles. The van der Waals surface area contributed by atoms with E-state index >= 15 is 0 Å². The first-order valence-electron chi connectivity index (χ1n) is 6.75. The van der Waals surface area contributed by atoms with Gasteiger partial charge in [-0.05, 0) is 11.8 Å². The Hall–Kier alpha value is 0.210. The van der Waals surface area contributed by atoms with Crippen LogP contribution in [0.3, 0.4) is 0 Å². The van der Waals surface area contributed by atoms with Crippen molar-refractivity contribution in [1.82, 2.24) is 0 Å². The molecule has 0 N–H and O–H groups in total. The lowest BCUT2D eigenvalue weighted by molar-refractivity contribution is -0.892. The minimum Gasteiger partial charge on any atom is -1.00 e. The molecule has 3 heteroatoms. The van der Waals surface area contributed by atoms with Crippen LogP contribution < -0.4 is 24.0 Å². The fourth-order valence-corrected chi connectivity index (χ4v) is 3.01. The van der Waals surface area contributed by atoms with Crippen LogP contribution in [0.25, 0.3) is 0 Å². The molecule has 2 saturated heterocycles. The molecule has 0 aliphatic carbocycles. The maximum absolute atomic E-state index is 3.43. The van der Waals surface area contributed by atoms with Crippen molar-refractivity contribution in [2.45, 2.75) is 25.7 Å². The zero-order valence-electron chi connectivity index (χ0n) is 11.3. The summed E-state index contributed by atoms with van der Waals surface area (Å²) in [6, 6.07) is 0. The molecule has 2 nitrogen and oxygen atoms in total. The number of quaternary nitrogens is 2. The number of rotatable bonds is 2. The molecule has 0 amide bonds. The van der Waals surface area contributed by atoms with Gasteiger partial charge < -0.3 is 32.9 Å². The van der Waals surface area contributed by atoms with Gasteiger partial charge in [0.2, 0.25) is 0 Å². The topological polar surface area (TPSA) is 0 Å². The summed E-state index contributed by atoms with van der Waals surface area (Å²) >= 11 is 0. The van der Waals surface area contributed by atoms with Gasteiger partial charge >= 0.3 is 0 Å². The zero-order valence-corrected chi connectivity index (χ0v) is 13.5. The molecular weight excluding hydrogens is 323 g/mol. The number of halogens is 1. The quantitative estimate of drug-likeness (QED) is 0.323. The second kappa shape index (κ2) is 6.40. The molecule has 0 aromatic rings. The van der Waals surface area contributed by atoms with E-state index < -0.39 is 0 Å². The third kappa shape index (κ3) is 4.42. The highest BCUT2D eigenvalue weighted by molar-refractivity contribution is 4.99. The van der Waals surface area contributed by atoms with Gasteiger partial charge in [-0.1, -0.05) is 0 Å². The van der Waals surface area contributed by atoms with E-state index in [1.165, 1.54) is 60.8 Å². The molecular formula is C14H26IN2+. The van der Waals surface area contributed by atoms with Crippen molar-refractivity contribution in [3.8, 4) is 11.8 Å². The first-order chi connectivity index (χ1) is 7.62. The number of likely N-dealkylation sites (tertiary alicyclic amines) is 2. The van der Waals surface area contributed by atoms with Crippen molar-refractivity contribution in [3.63, 3.8) is 0 Å². The summed E-state index contributed by atoms with van der Waals surface area (Å²) in [7, 11) is 4.71. The number of hydrogen-bond acceptors (Lipinski definition) is 0. The largest absolute Gasteiger partial charge is 1.00 e. The van der Waals surface area contributed by atoms with Crippen molar-refractivity contribution in [2.75, 3.05) is 53.4 Å². The van der Waals surface area contributed by atoms with Crippen LogP contribution in [0.4, 0.5) is 0 Å². The molecule has 0 aromatic carbocycles. The SMILES string of the molecule is C[N+]1(CC#CC[N+]2(C)CCCC2)CCCC1.[I-]. The Morgan fingerprint density at radius 2 is 1.00 bits per heavy atom. The Morgan fingerprint density at radius 3 is 1.29 bits per heavy atom. The highest BCUT2D eigenvalue weighted by Gasteiger charge is 2.26. The fourth-order valence-electron chi connectivity index (χ4n) is 3.01. The minimum absolute atomic E-state index is 0. The van der Waals surface area contributed by atoms with Gasteiger partial charge in [-0.2, -0.15) is 0 Å². The van der Waals surface area contributed by atoms with Gasteiger partial charge in [0.05, 0.1) is 40.3 Å².